The Labute approximate surface area is 307 Å². The molecule has 53 heavy (non-hydrogen) atoms. The maximum atomic E-state index is 5.04. The van der Waals surface area contributed by atoms with Gasteiger partial charge in [-0.05, 0) is 69.4 Å². The molecule has 0 bridgehead atoms. The molecular formula is C49H32N4. The smallest absolute Gasteiger partial charge is 0.164 e. The quantitative estimate of drug-likeness (QED) is 0.176. The van der Waals surface area contributed by atoms with Crippen LogP contribution in [0.5, 0.6) is 0 Å². The summed E-state index contributed by atoms with van der Waals surface area (Å²) in [5.74, 6) is 1.95. The third kappa shape index (κ3) is 5.45. The van der Waals surface area contributed by atoms with E-state index in [4.69, 9.17) is 15.0 Å². The van der Waals surface area contributed by atoms with Crippen molar-refractivity contribution in [2.24, 2.45) is 0 Å². The summed E-state index contributed by atoms with van der Waals surface area (Å²) < 4.78 is 2.39. The first-order chi connectivity index (χ1) is 26.3. The van der Waals surface area contributed by atoms with E-state index in [1.165, 1.54) is 38.5 Å². The highest BCUT2D eigenvalue weighted by atomic mass is 15.0. The highest BCUT2D eigenvalue weighted by molar-refractivity contribution is 6.17. The average Bonchev–Trinajstić information content (AvgIpc) is 3.58. The van der Waals surface area contributed by atoms with E-state index in [0.29, 0.717) is 17.5 Å². The van der Waals surface area contributed by atoms with Crippen molar-refractivity contribution in [3.8, 4) is 62.1 Å². The standard InChI is InChI=1S/C49H32N4/c1-5-15-33(16-6-1)36-28-30-44-43(32-36)46-41(24-14-26-45(46)53(44)39-22-11-4-12-23-39)38-27-29-40-37(31-38)21-13-25-42(40)49-51-47(34-17-7-2-8-18-34)50-48(52-49)35-19-9-3-10-20-35/h1-32H. The highest BCUT2D eigenvalue weighted by Crippen LogP contribution is 2.41. The Bertz CT molecular complexity index is 2860. The van der Waals surface area contributed by atoms with Gasteiger partial charge in [-0.3, -0.25) is 0 Å². The molecule has 0 unspecified atom stereocenters. The van der Waals surface area contributed by atoms with Gasteiger partial charge in [-0.2, -0.15) is 0 Å². The van der Waals surface area contributed by atoms with Gasteiger partial charge in [-0.1, -0.05) is 158 Å². The van der Waals surface area contributed by atoms with Crippen LogP contribution in [-0.4, -0.2) is 19.5 Å². The van der Waals surface area contributed by atoms with Crippen LogP contribution in [0.1, 0.15) is 0 Å². The van der Waals surface area contributed by atoms with Gasteiger partial charge >= 0.3 is 0 Å². The number of para-hydroxylation sites is 1. The Morgan fingerprint density at radius 1 is 0.321 bits per heavy atom. The minimum Gasteiger partial charge on any atom is -0.309 e. The van der Waals surface area contributed by atoms with Crippen LogP contribution in [0.25, 0.3) is 94.7 Å². The van der Waals surface area contributed by atoms with Crippen LogP contribution in [0.2, 0.25) is 0 Å². The van der Waals surface area contributed by atoms with E-state index in [2.05, 4.69) is 138 Å². The molecule has 0 radical (unpaired) electrons. The second-order valence-electron chi connectivity index (χ2n) is 13.2. The molecule has 2 heterocycles. The zero-order valence-corrected chi connectivity index (χ0v) is 28.8. The number of nitrogens with zero attached hydrogens (tertiary/aromatic N) is 4. The molecule has 8 aromatic carbocycles. The second kappa shape index (κ2) is 12.9. The molecule has 0 aliphatic heterocycles. The van der Waals surface area contributed by atoms with E-state index in [0.717, 1.165) is 38.7 Å². The van der Waals surface area contributed by atoms with E-state index in [-0.39, 0.29) is 0 Å². The lowest BCUT2D eigenvalue weighted by Gasteiger charge is -2.12. The van der Waals surface area contributed by atoms with Crippen LogP contribution in [-0.2, 0) is 0 Å². The molecule has 4 heteroatoms. The number of fused-ring (bicyclic) bond motifs is 4. The molecule has 0 atom stereocenters. The number of rotatable bonds is 6. The zero-order valence-electron chi connectivity index (χ0n) is 28.8. The number of hydrogen-bond acceptors (Lipinski definition) is 3. The lowest BCUT2D eigenvalue weighted by molar-refractivity contribution is 1.08. The normalized spacial score (nSPS) is 11.4. The van der Waals surface area contributed by atoms with E-state index in [9.17, 15) is 0 Å². The largest absolute Gasteiger partial charge is 0.309 e. The molecule has 0 aliphatic rings. The molecule has 2 aromatic heterocycles. The SMILES string of the molecule is c1ccc(-c2ccc3c(c2)c2c(-c4ccc5c(-c6nc(-c7ccccc7)nc(-c7ccccc7)n6)cccc5c4)cccc2n3-c2ccccc2)cc1. The van der Waals surface area contributed by atoms with Gasteiger partial charge in [0.15, 0.2) is 17.5 Å². The Hall–Kier alpha value is -7.17. The minimum absolute atomic E-state index is 0.650. The van der Waals surface area contributed by atoms with E-state index < -0.39 is 0 Å². The van der Waals surface area contributed by atoms with Gasteiger partial charge < -0.3 is 4.57 Å². The fraction of sp³-hybridized carbons (Fsp3) is 0. The van der Waals surface area contributed by atoms with Gasteiger partial charge in [0.05, 0.1) is 11.0 Å². The third-order valence-electron chi connectivity index (χ3n) is 10.0. The lowest BCUT2D eigenvalue weighted by atomic mass is 9.94. The predicted octanol–water partition coefficient (Wildman–Crippen LogP) is 12.5. The van der Waals surface area contributed by atoms with Crippen LogP contribution in [0.15, 0.2) is 194 Å². The fourth-order valence-electron chi connectivity index (χ4n) is 7.55. The van der Waals surface area contributed by atoms with Gasteiger partial charge in [-0.25, -0.2) is 15.0 Å². The average molecular weight is 677 g/mol. The molecule has 10 aromatic rings. The van der Waals surface area contributed by atoms with Crippen molar-refractivity contribution in [1.29, 1.82) is 0 Å². The third-order valence-corrected chi connectivity index (χ3v) is 10.0. The van der Waals surface area contributed by atoms with Crippen molar-refractivity contribution in [3.63, 3.8) is 0 Å². The van der Waals surface area contributed by atoms with Crippen molar-refractivity contribution < 1.29 is 0 Å². The molecular weight excluding hydrogens is 645 g/mol. The Kier molecular flexibility index (Phi) is 7.43. The van der Waals surface area contributed by atoms with Gasteiger partial charge in [-0.15, -0.1) is 0 Å². The number of benzene rings is 8. The summed E-state index contributed by atoms with van der Waals surface area (Å²) in [6.07, 6.45) is 0. The fourth-order valence-corrected chi connectivity index (χ4v) is 7.55. The van der Waals surface area contributed by atoms with Crippen molar-refractivity contribution in [2.45, 2.75) is 0 Å². The molecule has 4 nitrogen and oxygen atoms in total. The number of hydrogen-bond donors (Lipinski definition) is 0. The maximum absolute atomic E-state index is 5.04. The minimum atomic E-state index is 0.650. The van der Waals surface area contributed by atoms with E-state index in [1.807, 2.05) is 60.7 Å². The molecule has 0 fully saturated rings. The van der Waals surface area contributed by atoms with Crippen LogP contribution in [0.4, 0.5) is 0 Å². The zero-order chi connectivity index (χ0) is 35.1. The van der Waals surface area contributed by atoms with E-state index in [1.54, 1.807) is 0 Å². The monoisotopic (exact) mass is 676 g/mol. The molecule has 0 saturated heterocycles. The molecule has 0 saturated carbocycles. The van der Waals surface area contributed by atoms with Crippen LogP contribution >= 0.6 is 0 Å². The topological polar surface area (TPSA) is 43.6 Å². The summed E-state index contributed by atoms with van der Waals surface area (Å²) in [5.41, 5.74) is 11.1. The Morgan fingerprint density at radius 2 is 0.887 bits per heavy atom. The molecule has 0 N–H and O–H groups in total. The van der Waals surface area contributed by atoms with E-state index >= 15 is 0 Å². The Morgan fingerprint density at radius 3 is 1.57 bits per heavy atom. The van der Waals surface area contributed by atoms with Crippen molar-refractivity contribution in [1.82, 2.24) is 19.5 Å². The maximum Gasteiger partial charge on any atom is 0.164 e. The summed E-state index contributed by atoms with van der Waals surface area (Å²) in [5, 5.41) is 4.67. The first-order valence-corrected chi connectivity index (χ1v) is 17.9. The van der Waals surface area contributed by atoms with Gasteiger partial charge in [0.1, 0.15) is 0 Å². The second-order valence-corrected chi connectivity index (χ2v) is 13.2. The van der Waals surface area contributed by atoms with Crippen LogP contribution < -0.4 is 0 Å². The number of aromatic nitrogens is 4. The molecule has 248 valence electrons. The summed E-state index contributed by atoms with van der Waals surface area (Å²) in [4.78, 5) is 15.0. The van der Waals surface area contributed by atoms with Gasteiger partial charge in [0.25, 0.3) is 0 Å². The predicted molar refractivity (Wildman–Crippen MR) is 219 cm³/mol. The highest BCUT2D eigenvalue weighted by Gasteiger charge is 2.19. The van der Waals surface area contributed by atoms with Crippen LogP contribution in [0.3, 0.4) is 0 Å². The van der Waals surface area contributed by atoms with Gasteiger partial charge in [0, 0.05) is 33.2 Å². The first-order valence-electron chi connectivity index (χ1n) is 17.9. The lowest BCUT2D eigenvalue weighted by Crippen LogP contribution is -2.00. The van der Waals surface area contributed by atoms with Crippen molar-refractivity contribution >= 4 is 32.6 Å². The summed E-state index contributed by atoms with van der Waals surface area (Å²) in [7, 11) is 0. The summed E-state index contributed by atoms with van der Waals surface area (Å²) in [6, 6.07) is 68.2. The summed E-state index contributed by atoms with van der Waals surface area (Å²) in [6.45, 7) is 0. The van der Waals surface area contributed by atoms with Gasteiger partial charge in [0.2, 0.25) is 0 Å². The molecule has 0 amide bonds. The molecule has 10 rings (SSSR count). The van der Waals surface area contributed by atoms with Crippen molar-refractivity contribution in [2.75, 3.05) is 0 Å². The van der Waals surface area contributed by atoms with Crippen LogP contribution in [0, 0.1) is 0 Å². The molecule has 0 spiro atoms. The summed E-state index contributed by atoms with van der Waals surface area (Å²) >= 11 is 0. The van der Waals surface area contributed by atoms with Crippen molar-refractivity contribution in [3.05, 3.63) is 194 Å². The molecule has 0 aliphatic carbocycles. The Balaban J connectivity index is 1.16. The first kappa shape index (κ1) is 30.6.